The fraction of sp³-hybridized carbons (Fsp3) is 0.462. The maximum absolute atomic E-state index is 11.8. The molecule has 20 heavy (non-hydrogen) atoms. The molecule has 1 rings (SSSR count). The molecular formula is C13H20N2O4S. The highest BCUT2D eigenvalue weighted by molar-refractivity contribution is 7.90. The van der Waals surface area contributed by atoms with Gasteiger partial charge in [-0.2, -0.15) is 0 Å². The molecule has 0 heterocycles. The van der Waals surface area contributed by atoms with Crippen molar-refractivity contribution in [1.29, 1.82) is 0 Å². The van der Waals surface area contributed by atoms with E-state index < -0.39 is 15.9 Å². The van der Waals surface area contributed by atoms with Crippen molar-refractivity contribution in [3.05, 3.63) is 29.8 Å². The number of carbonyl (C=O) groups is 1. The van der Waals surface area contributed by atoms with Crippen molar-refractivity contribution in [2.24, 2.45) is 0 Å². The van der Waals surface area contributed by atoms with Gasteiger partial charge >= 0.3 is 6.09 Å². The monoisotopic (exact) mass is 300 g/mol. The van der Waals surface area contributed by atoms with E-state index in [1.165, 1.54) is 4.90 Å². The van der Waals surface area contributed by atoms with Gasteiger partial charge in [-0.1, -0.05) is 12.1 Å². The Bertz CT molecular complexity index is 540. The van der Waals surface area contributed by atoms with Gasteiger partial charge in [-0.3, -0.25) is 0 Å². The van der Waals surface area contributed by atoms with Gasteiger partial charge in [0.25, 0.3) is 0 Å². The van der Waals surface area contributed by atoms with E-state index >= 15 is 0 Å². The van der Waals surface area contributed by atoms with Crippen molar-refractivity contribution in [3.8, 4) is 0 Å². The summed E-state index contributed by atoms with van der Waals surface area (Å²) in [7, 11) is -3.10. The van der Waals surface area contributed by atoms with Crippen LogP contribution in [0.3, 0.4) is 0 Å². The van der Waals surface area contributed by atoms with Crippen LogP contribution in [0.4, 0.5) is 10.5 Å². The van der Waals surface area contributed by atoms with Gasteiger partial charge in [-0.25, -0.2) is 13.2 Å². The topological polar surface area (TPSA) is 89.7 Å². The minimum atomic E-state index is -3.10. The minimum absolute atomic E-state index is 0.0716. The molecule has 0 saturated carbocycles. The SMILES string of the molecule is CCN(CCS(C)(=O)=O)C(=O)OCc1ccc(N)cc1. The van der Waals surface area contributed by atoms with E-state index in [2.05, 4.69) is 0 Å². The van der Waals surface area contributed by atoms with Gasteiger partial charge in [0, 0.05) is 25.0 Å². The van der Waals surface area contributed by atoms with E-state index in [1.807, 2.05) is 0 Å². The second-order valence-corrected chi connectivity index (χ2v) is 6.77. The molecule has 1 aromatic rings. The van der Waals surface area contributed by atoms with Crippen LogP contribution in [-0.4, -0.2) is 44.5 Å². The lowest BCUT2D eigenvalue weighted by Crippen LogP contribution is -2.35. The second kappa shape index (κ2) is 7.14. The number of anilines is 1. The number of hydrogen-bond acceptors (Lipinski definition) is 5. The van der Waals surface area contributed by atoms with Crippen LogP contribution in [0.2, 0.25) is 0 Å². The smallest absolute Gasteiger partial charge is 0.410 e. The molecular weight excluding hydrogens is 280 g/mol. The van der Waals surface area contributed by atoms with E-state index in [9.17, 15) is 13.2 Å². The minimum Gasteiger partial charge on any atom is -0.445 e. The Morgan fingerprint density at radius 1 is 1.30 bits per heavy atom. The van der Waals surface area contributed by atoms with Crippen LogP contribution in [0.25, 0.3) is 0 Å². The molecule has 0 unspecified atom stereocenters. The quantitative estimate of drug-likeness (QED) is 0.799. The van der Waals surface area contributed by atoms with E-state index in [0.717, 1.165) is 11.8 Å². The first-order valence-electron chi connectivity index (χ1n) is 6.25. The van der Waals surface area contributed by atoms with Crippen LogP contribution >= 0.6 is 0 Å². The van der Waals surface area contributed by atoms with Gasteiger partial charge in [0.2, 0.25) is 0 Å². The molecule has 0 fully saturated rings. The number of amides is 1. The molecule has 0 aliphatic heterocycles. The summed E-state index contributed by atoms with van der Waals surface area (Å²) in [5.74, 6) is -0.0716. The van der Waals surface area contributed by atoms with Crippen LogP contribution in [-0.2, 0) is 21.2 Å². The average molecular weight is 300 g/mol. The van der Waals surface area contributed by atoms with Gasteiger partial charge in [-0.15, -0.1) is 0 Å². The molecule has 0 bridgehead atoms. The first-order chi connectivity index (χ1) is 9.31. The number of carbonyl (C=O) groups excluding carboxylic acids is 1. The van der Waals surface area contributed by atoms with E-state index in [0.29, 0.717) is 12.2 Å². The summed E-state index contributed by atoms with van der Waals surface area (Å²) in [6, 6.07) is 7.00. The fourth-order valence-electron chi connectivity index (χ4n) is 1.50. The third-order valence-corrected chi connectivity index (χ3v) is 3.64. The first-order valence-corrected chi connectivity index (χ1v) is 8.31. The number of rotatable bonds is 6. The molecule has 0 spiro atoms. The Morgan fingerprint density at radius 3 is 2.40 bits per heavy atom. The van der Waals surface area contributed by atoms with Gasteiger partial charge in [0.15, 0.2) is 0 Å². The van der Waals surface area contributed by atoms with Crippen molar-refractivity contribution < 1.29 is 17.9 Å². The van der Waals surface area contributed by atoms with E-state index in [1.54, 1.807) is 31.2 Å². The van der Waals surface area contributed by atoms with Crippen LogP contribution < -0.4 is 5.73 Å². The lowest BCUT2D eigenvalue weighted by atomic mass is 10.2. The van der Waals surface area contributed by atoms with Crippen LogP contribution in [0.15, 0.2) is 24.3 Å². The molecule has 0 aromatic heterocycles. The molecule has 2 N–H and O–H groups in total. The van der Waals surface area contributed by atoms with Crippen LogP contribution in [0.1, 0.15) is 12.5 Å². The Balaban J connectivity index is 2.49. The number of sulfone groups is 1. The van der Waals surface area contributed by atoms with Crippen LogP contribution in [0, 0.1) is 0 Å². The first kappa shape index (κ1) is 16.3. The zero-order valence-electron chi connectivity index (χ0n) is 11.7. The highest BCUT2D eigenvalue weighted by atomic mass is 32.2. The summed E-state index contributed by atoms with van der Waals surface area (Å²) in [4.78, 5) is 13.2. The predicted octanol–water partition coefficient (Wildman–Crippen LogP) is 1.27. The lowest BCUT2D eigenvalue weighted by molar-refractivity contribution is 0.100. The fourth-order valence-corrected chi connectivity index (χ4v) is 2.06. The van der Waals surface area contributed by atoms with Crippen LogP contribution in [0.5, 0.6) is 0 Å². The van der Waals surface area contributed by atoms with E-state index in [4.69, 9.17) is 10.5 Å². The van der Waals surface area contributed by atoms with Crippen molar-refractivity contribution in [3.63, 3.8) is 0 Å². The highest BCUT2D eigenvalue weighted by Gasteiger charge is 2.15. The number of nitrogen functional groups attached to an aromatic ring is 1. The highest BCUT2D eigenvalue weighted by Crippen LogP contribution is 2.07. The summed E-state index contributed by atoms with van der Waals surface area (Å²) < 4.78 is 27.3. The van der Waals surface area contributed by atoms with Crippen molar-refractivity contribution >= 4 is 21.6 Å². The Kier molecular flexibility index (Phi) is 5.82. The summed E-state index contributed by atoms with van der Waals surface area (Å²) >= 11 is 0. The standard InChI is InChI=1S/C13H20N2O4S/c1-3-15(8-9-20(2,17)18)13(16)19-10-11-4-6-12(14)7-5-11/h4-7H,3,8-10,14H2,1-2H3. The summed E-state index contributed by atoms with van der Waals surface area (Å²) in [6.45, 7) is 2.44. The maximum atomic E-state index is 11.8. The lowest BCUT2D eigenvalue weighted by Gasteiger charge is -2.19. The number of benzene rings is 1. The summed E-state index contributed by atoms with van der Waals surface area (Å²) in [5, 5.41) is 0. The predicted molar refractivity (Wildman–Crippen MR) is 78.0 cm³/mol. The summed E-state index contributed by atoms with van der Waals surface area (Å²) in [6.07, 6.45) is 0.619. The zero-order chi connectivity index (χ0) is 15.2. The molecule has 6 nitrogen and oxygen atoms in total. The Labute approximate surface area is 119 Å². The third-order valence-electron chi connectivity index (χ3n) is 2.71. The zero-order valence-corrected chi connectivity index (χ0v) is 12.5. The number of hydrogen-bond donors (Lipinski definition) is 1. The molecule has 112 valence electrons. The Morgan fingerprint density at radius 2 is 1.90 bits per heavy atom. The maximum Gasteiger partial charge on any atom is 0.410 e. The average Bonchev–Trinajstić information content (AvgIpc) is 2.37. The number of ether oxygens (including phenoxy) is 1. The van der Waals surface area contributed by atoms with Gasteiger partial charge in [-0.05, 0) is 24.6 Å². The normalized spacial score (nSPS) is 11.1. The number of nitrogens with zero attached hydrogens (tertiary/aromatic N) is 1. The molecule has 1 aromatic carbocycles. The number of nitrogens with two attached hydrogens (primary N) is 1. The largest absolute Gasteiger partial charge is 0.445 e. The molecule has 0 radical (unpaired) electrons. The van der Waals surface area contributed by atoms with Gasteiger partial charge in [0.1, 0.15) is 16.4 Å². The molecule has 0 aliphatic carbocycles. The summed E-state index contributed by atoms with van der Waals surface area (Å²) in [5.41, 5.74) is 7.03. The third kappa shape index (κ3) is 5.92. The Hall–Kier alpha value is -1.76. The molecule has 0 saturated heterocycles. The molecule has 0 atom stereocenters. The van der Waals surface area contributed by atoms with Crippen molar-refractivity contribution in [2.75, 3.05) is 30.8 Å². The van der Waals surface area contributed by atoms with Crippen molar-refractivity contribution in [2.45, 2.75) is 13.5 Å². The van der Waals surface area contributed by atoms with E-state index in [-0.39, 0.29) is 18.9 Å². The molecule has 0 aliphatic rings. The second-order valence-electron chi connectivity index (χ2n) is 4.51. The van der Waals surface area contributed by atoms with Gasteiger partial charge < -0.3 is 15.4 Å². The van der Waals surface area contributed by atoms with Gasteiger partial charge in [0.05, 0.1) is 5.75 Å². The van der Waals surface area contributed by atoms with Crippen molar-refractivity contribution in [1.82, 2.24) is 4.90 Å². The molecule has 1 amide bonds. The molecule has 7 heteroatoms.